The van der Waals surface area contributed by atoms with Crippen LogP contribution >= 0.6 is 11.3 Å². The molecular weight excluding hydrogens is 248 g/mol. The zero-order valence-electron chi connectivity index (χ0n) is 8.91. The van der Waals surface area contributed by atoms with Crippen molar-refractivity contribution in [2.45, 2.75) is 12.5 Å². The average molecular weight is 260 g/mol. The minimum absolute atomic E-state index is 0.00366. The van der Waals surface area contributed by atoms with Crippen molar-refractivity contribution in [3.05, 3.63) is 16.6 Å². The topological polar surface area (TPSA) is 88.7 Å². The predicted octanol–water partition coefficient (Wildman–Crippen LogP) is -0.0518. The van der Waals surface area contributed by atoms with Crippen molar-refractivity contribution in [3.63, 3.8) is 0 Å². The van der Waals surface area contributed by atoms with Crippen LogP contribution in [0, 0.1) is 0 Å². The van der Waals surface area contributed by atoms with Gasteiger partial charge in [0.25, 0.3) is 0 Å². The van der Waals surface area contributed by atoms with Crippen LogP contribution in [0.25, 0.3) is 0 Å². The van der Waals surface area contributed by atoms with Crippen molar-refractivity contribution in [1.82, 2.24) is 9.29 Å². The first-order valence-electron chi connectivity index (χ1n) is 4.57. The summed E-state index contributed by atoms with van der Waals surface area (Å²) in [5.74, 6) is -0.103. The molecule has 1 unspecified atom stereocenters. The second-order valence-corrected chi connectivity index (χ2v) is 6.70. The van der Waals surface area contributed by atoms with Crippen LogP contribution in [0.3, 0.4) is 0 Å². The maximum atomic E-state index is 11.8. The summed E-state index contributed by atoms with van der Waals surface area (Å²) >= 11 is 1.38. The summed E-state index contributed by atoms with van der Waals surface area (Å²) in [6, 6.07) is 0. The Kier molecular flexibility index (Phi) is 2.43. The van der Waals surface area contributed by atoms with Gasteiger partial charge in [0.15, 0.2) is 0 Å². The number of nitrogens with two attached hydrogens (primary N) is 1. The number of hydrogen-bond acceptors (Lipinski definition) is 6. The van der Waals surface area contributed by atoms with E-state index in [1.54, 1.807) is 18.5 Å². The van der Waals surface area contributed by atoms with Gasteiger partial charge < -0.3 is 5.73 Å². The van der Waals surface area contributed by atoms with Crippen LogP contribution in [0.4, 0.5) is 0 Å². The molecule has 2 heterocycles. The molecule has 0 spiro atoms. The third-order valence-electron chi connectivity index (χ3n) is 2.46. The average Bonchev–Trinajstić information content (AvgIpc) is 2.66. The molecule has 8 heteroatoms. The highest BCUT2D eigenvalue weighted by atomic mass is 32.2. The Morgan fingerprint density at radius 1 is 1.62 bits per heavy atom. The molecule has 0 bridgehead atoms. The molecule has 1 aromatic heterocycles. The van der Waals surface area contributed by atoms with E-state index in [1.807, 2.05) is 0 Å². The fourth-order valence-corrected chi connectivity index (χ4v) is 3.82. The molecule has 0 saturated heterocycles. The van der Waals surface area contributed by atoms with Gasteiger partial charge in [0, 0.05) is 18.6 Å². The van der Waals surface area contributed by atoms with Gasteiger partial charge in [-0.05, 0) is 6.92 Å². The lowest BCUT2D eigenvalue weighted by Crippen LogP contribution is -2.50. The summed E-state index contributed by atoms with van der Waals surface area (Å²) < 4.78 is 24.7. The van der Waals surface area contributed by atoms with Crippen LogP contribution < -0.4 is 5.73 Å². The van der Waals surface area contributed by atoms with E-state index in [0.717, 1.165) is 4.31 Å². The van der Waals surface area contributed by atoms with Gasteiger partial charge >= 0.3 is 0 Å². The predicted molar refractivity (Wildman–Crippen MR) is 62.6 cm³/mol. The van der Waals surface area contributed by atoms with Gasteiger partial charge in [-0.2, -0.15) is 0 Å². The highest BCUT2D eigenvalue weighted by Gasteiger charge is 2.41. The molecule has 0 amide bonds. The smallest absolute Gasteiger partial charge is 0.239 e. The van der Waals surface area contributed by atoms with Gasteiger partial charge in [-0.25, -0.2) is 22.7 Å². The molecule has 0 radical (unpaired) electrons. The lowest BCUT2D eigenvalue weighted by molar-refractivity contribution is 0.475. The van der Waals surface area contributed by atoms with Gasteiger partial charge in [0.05, 0.1) is 0 Å². The molecular formula is C8H12N4O2S2. The maximum absolute atomic E-state index is 11.8. The normalized spacial score (nSPS) is 28.9. The van der Waals surface area contributed by atoms with E-state index in [2.05, 4.69) is 9.98 Å². The lowest BCUT2D eigenvalue weighted by Gasteiger charge is -2.32. The molecule has 1 aliphatic heterocycles. The van der Waals surface area contributed by atoms with Gasteiger partial charge in [0.1, 0.15) is 16.3 Å². The number of nitrogens with zero attached hydrogens (tertiary/aromatic N) is 3. The second-order valence-electron chi connectivity index (χ2n) is 3.80. The van der Waals surface area contributed by atoms with Crippen molar-refractivity contribution < 1.29 is 8.42 Å². The van der Waals surface area contributed by atoms with Gasteiger partial charge in [-0.15, -0.1) is 11.3 Å². The van der Waals surface area contributed by atoms with E-state index in [9.17, 15) is 8.42 Å². The first-order valence-corrected chi connectivity index (χ1v) is 7.06. The second kappa shape index (κ2) is 3.42. The van der Waals surface area contributed by atoms with Crippen molar-refractivity contribution in [1.29, 1.82) is 0 Å². The Morgan fingerprint density at radius 2 is 2.31 bits per heavy atom. The fourth-order valence-electron chi connectivity index (χ4n) is 1.55. The molecule has 1 aromatic rings. The molecule has 88 valence electrons. The summed E-state index contributed by atoms with van der Waals surface area (Å²) in [5, 5.41) is 2.45. The summed E-state index contributed by atoms with van der Waals surface area (Å²) in [4.78, 5) is 8.33. The molecule has 2 rings (SSSR count). The van der Waals surface area contributed by atoms with Crippen molar-refractivity contribution in [2.24, 2.45) is 10.7 Å². The van der Waals surface area contributed by atoms with Crippen LogP contribution in [0.15, 0.2) is 16.6 Å². The SMILES string of the molecule is CN1C(N)=NC(C)(c2nccs2)CS1(=O)=O. The summed E-state index contributed by atoms with van der Waals surface area (Å²) in [6.45, 7) is 1.73. The zero-order chi connectivity index (χ0) is 12.0. The number of aromatic nitrogens is 1. The van der Waals surface area contributed by atoms with Gasteiger partial charge in [-0.3, -0.25) is 0 Å². The molecule has 16 heavy (non-hydrogen) atoms. The van der Waals surface area contributed by atoms with Crippen LogP contribution in [-0.4, -0.2) is 36.5 Å². The third-order valence-corrected chi connectivity index (χ3v) is 5.43. The lowest BCUT2D eigenvalue weighted by atomic mass is 10.1. The summed E-state index contributed by atoms with van der Waals surface area (Å²) in [7, 11) is -2.00. The number of sulfonamides is 1. The van der Waals surface area contributed by atoms with Crippen LogP contribution in [-0.2, 0) is 15.6 Å². The molecule has 1 aliphatic rings. The Bertz CT molecular complexity index is 522. The van der Waals surface area contributed by atoms with E-state index in [0.29, 0.717) is 5.01 Å². The Balaban J connectivity index is 2.54. The van der Waals surface area contributed by atoms with Gasteiger partial charge in [-0.1, -0.05) is 0 Å². The van der Waals surface area contributed by atoms with Crippen LogP contribution in [0.5, 0.6) is 0 Å². The number of aliphatic imine (C=N–C) groups is 1. The highest BCUT2D eigenvalue weighted by molar-refractivity contribution is 7.89. The van der Waals surface area contributed by atoms with E-state index >= 15 is 0 Å². The maximum Gasteiger partial charge on any atom is 0.239 e. The van der Waals surface area contributed by atoms with Crippen molar-refractivity contribution in [2.75, 3.05) is 12.8 Å². The highest BCUT2D eigenvalue weighted by Crippen LogP contribution is 2.32. The molecule has 0 saturated carbocycles. The number of thiazole rings is 1. The Hall–Kier alpha value is -1.15. The van der Waals surface area contributed by atoms with E-state index in [4.69, 9.17) is 5.73 Å². The third kappa shape index (κ3) is 1.67. The molecule has 0 fully saturated rings. The number of hydrogen-bond donors (Lipinski definition) is 1. The largest absolute Gasteiger partial charge is 0.369 e. The van der Waals surface area contributed by atoms with E-state index in [1.165, 1.54) is 18.4 Å². The van der Waals surface area contributed by atoms with Crippen LogP contribution in [0.2, 0.25) is 0 Å². The minimum atomic E-state index is -3.40. The molecule has 0 aromatic carbocycles. The van der Waals surface area contributed by atoms with E-state index < -0.39 is 15.6 Å². The monoisotopic (exact) mass is 260 g/mol. The number of guanidine groups is 1. The van der Waals surface area contributed by atoms with E-state index in [-0.39, 0.29) is 11.7 Å². The van der Waals surface area contributed by atoms with Gasteiger partial charge in [0.2, 0.25) is 16.0 Å². The molecule has 1 atom stereocenters. The summed E-state index contributed by atoms with van der Waals surface area (Å²) in [5.41, 5.74) is 4.74. The quantitative estimate of drug-likeness (QED) is 0.766. The number of rotatable bonds is 1. The molecule has 0 aliphatic carbocycles. The van der Waals surface area contributed by atoms with Crippen molar-refractivity contribution in [3.8, 4) is 0 Å². The first-order chi connectivity index (χ1) is 7.35. The van der Waals surface area contributed by atoms with Crippen LogP contribution in [0.1, 0.15) is 11.9 Å². The first kappa shape index (κ1) is 11.3. The Labute approximate surface area is 97.9 Å². The standard InChI is InChI=1S/C8H12N4O2S2/c1-8(6-10-3-4-15-6)5-16(13,14)12(2)7(9)11-8/h3-4H,5H2,1-2H3,(H2,9,11). The Morgan fingerprint density at radius 3 is 2.81 bits per heavy atom. The van der Waals surface area contributed by atoms with Crippen molar-refractivity contribution >= 4 is 27.3 Å². The summed E-state index contributed by atoms with van der Waals surface area (Å²) in [6.07, 6.45) is 1.63. The molecule has 6 nitrogen and oxygen atoms in total. The fraction of sp³-hybridized carbons (Fsp3) is 0.500. The zero-order valence-corrected chi connectivity index (χ0v) is 10.5. The molecule has 2 N–H and O–H groups in total. The minimum Gasteiger partial charge on any atom is -0.369 e.